The largest absolute Gasteiger partial charge is 0.467 e. The Labute approximate surface area is 88.8 Å². The summed E-state index contributed by atoms with van der Waals surface area (Å²) < 4.78 is 4.28. The minimum absolute atomic E-state index is 0.000250. The van der Waals surface area contributed by atoms with Crippen molar-refractivity contribution in [3.05, 3.63) is 0 Å². The van der Waals surface area contributed by atoms with Crippen LogP contribution in [0, 0.1) is 5.92 Å². The van der Waals surface area contributed by atoms with E-state index in [1.54, 1.807) is 13.8 Å². The molecule has 0 aromatic carbocycles. The van der Waals surface area contributed by atoms with E-state index in [2.05, 4.69) is 10.1 Å². The zero-order valence-corrected chi connectivity index (χ0v) is 9.19. The number of carbonyl (C=O) groups excluding carboxylic acids is 2. The van der Waals surface area contributed by atoms with Gasteiger partial charge in [0.2, 0.25) is 5.91 Å². The van der Waals surface area contributed by atoms with Gasteiger partial charge >= 0.3 is 5.97 Å². The first kappa shape index (κ1) is 13.9. The second-order valence-corrected chi connectivity index (χ2v) is 3.55. The van der Waals surface area contributed by atoms with Gasteiger partial charge in [-0.15, -0.1) is 0 Å². The molecule has 6 heteroatoms. The van der Waals surface area contributed by atoms with Crippen LogP contribution in [0.2, 0.25) is 0 Å². The van der Waals surface area contributed by atoms with E-state index in [4.69, 9.17) is 10.8 Å². The number of ether oxygens (including phenoxy) is 1. The lowest BCUT2D eigenvalue weighted by molar-refractivity contribution is -0.150. The van der Waals surface area contributed by atoms with Crippen molar-refractivity contribution in [1.29, 1.82) is 0 Å². The summed E-state index contributed by atoms with van der Waals surface area (Å²) >= 11 is 0. The first-order valence-electron chi connectivity index (χ1n) is 4.69. The monoisotopic (exact) mass is 218 g/mol. The SMILES string of the molecule is COC(=O)C(O)CNC(=O)C(N)C(C)C. The fraction of sp³-hybridized carbons (Fsp3) is 0.778. The summed E-state index contributed by atoms with van der Waals surface area (Å²) in [5.74, 6) is -1.18. The molecule has 0 aliphatic carbocycles. The summed E-state index contributed by atoms with van der Waals surface area (Å²) in [4.78, 5) is 22.1. The third-order valence-corrected chi connectivity index (χ3v) is 1.96. The number of esters is 1. The lowest BCUT2D eigenvalue weighted by Gasteiger charge is -2.16. The molecule has 88 valence electrons. The van der Waals surface area contributed by atoms with Crippen molar-refractivity contribution in [2.75, 3.05) is 13.7 Å². The molecular weight excluding hydrogens is 200 g/mol. The number of rotatable bonds is 5. The zero-order valence-electron chi connectivity index (χ0n) is 9.19. The highest BCUT2D eigenvalue weighted by Gasteiger charge is 2.20. The topological polar surface area (TPSA) is 102 Å². The van der Waals surface area contributed by atoms with Crippen molar-refractivity contribution in [2.45, 2.75) is 26.0 Å². The number of aliphatic hydroxyl groups is 1. The summed E-state index contributed by atoms with van der Waals surface area (Å²) in [5, 5.41) is 11.5. The smallest absolute Gasteiger partial charge is 0.336 e. The highest BCUT2D eigenvalue weighted by Crippen LogP contribution is 1.97. The third kappa shape index (κ3) is 4.75. The van der Waals surface area contributed by atoms with Gasteiger partial charge in [-0.05, 0) is 5.92 Å². The van der Waals surface area contributed by atoms with Crippen LogP contribution in [-0.4, -0.2) is 42.8 Å². The fourth-order valence-electron chi connectivity index (χ4n) is 0.837. The first-order chi connectivity index (χ1) is 6.90. The van der Waals surface area contributed by atoms with Crippen LogP contribution < -0.4 is 11.1 Å². The van der Waals surface area contributed by atoms with Gasteiger partial charge in [-0.1, -0.05) is 13.8 Å². The van der Waals surface area contributed by atoms with Crippen molar-refractivity contribution in [3.8, 4) is 0 Å². The minimum Gasteiger partial charge on any atom is -0.467 e. The molecule has 0 bridgehead atoms. The summed E-state index contributed by atoms with van der Waals surface area (Å²) in [6, 6.07) is -0.644. The molecule has 0 rings (SSSR count). The molecule has 0 saturated carbocycles. The number of amides is 1. The van der Waals surface area contributed by atoms with Crippen LogP contribution in [0.3, 0.4) is 0 Å². The standard InChI is InChI=1S/C9H18N2O4/c1-5(2)7(10)8(13)11-4-6(12)9(14)15-3/h5-7,12H,4,10H2,1-3H3,(H,11,13). The van der Waals surface area contributed by atoms with E-state index in [0.717, 1.165) is 7.11 Å². The van der Waals surface area contributed by atoms with Gasteiger partial charge in [0.05, 0.1) is 19.7 Å². The zero-order chi connectivity index (χ0) is 12.0. The molecule has 0 aliphatic rings. The lowest BCUT2D eigenvalue weighted by atomic mass is 10.1. The van der Waals surface area contributed by atoms with Crippen molar-refractivity contribution in [2.24, 2.45) is 11.7 Å². The number of hydrogen-bond acceptors (Lipinski definition) is 5. The third-order valence-electron chi connectivity index (χ3n) is 1.96. The molecule has 0 aliphatic heterocycles. The maximum atomic E-state index is 11.3. The van der Waals surface area contributed by atoms with E-state index in [0.29, 0.717) is 0 Å². The Morgan fingerprint density at radius 2 is 2.00 bits per heavy atom. The molecular formula is C9H18N2O4. The van der Waals surface area contributed by atoms with Crippen LogP contribution in [-0.2, 0) is 14.3 Å². The van der Waals surface area contributed by atoms with Crippen molar-refractivity contribution >= 4 is 11.9 Å². The quantitative estimate of drug-likeness (QED) is 0.494. The molecule has 0 aromatic rings. The van der Waals surface area contributed by atoms with Gasteiger partial charge in [0.25, 0.3) is 0 Å². The van der Waals surface area contributed by atoms with E-state index < -0.39 is 24.0 Å². The van der Waals surface area contributed by atoms with Gasteiger partial charge in [-0.25, -0.2) is 4.79 Å². The Morgan fingerprint density at radius 3 is 2.40 bits per heavy atom. The predicted molar refractivity (Wildman–Crippen MR) is 53.8 cm³/mol. The molecule has 0 saturated heterocycles. The normalized spacial score (nSPS) is 14.5. The van der Waals surface area contributed by atoms with Crippen LogP contribution >= 0.6 is 0 Å². The molecule has 0 fully saturated rings. The Morgan fingerprint density at radius 1 is 1.47 bits per heavy atom. The predicted octanol–water partition coefficient (Wildman–Crippen LogP) is -1.38. The van der Waals surface area contributed by atoms with Crippen LogP contribution in [0.5, 0.6) is 0 Å². The molecule has 1 amide bonds. The molecule has 2 unspecified atom stereocenters. The molecule has 2 atom stereocenters. The van der Waals surface area contributed by atoms with Gasteiger partial charge < -0.3 is 20.9 Å². The Kier molecular flexibility index (Phi) is 5.88. The van der Waals surface area contributed by atoms with Crippen LogP contribution in [0.25, 0.3) is 0 Å². The molecule has 0 heterocycles. The second-order valence-electron chi connectivity index (χ2n) is 3.55. The van der Waals surface area contributed by atoms with Crippen molar-refractivity contribution in [3.63, 3.8) is 0 Å². The summed E-state index contributed by atoms with van der Waals surface area (Å²) in [6.45, 7) is 3.42. The fourth-order valence-corrected chi connectivity index (χ4v) is 0.837. The van der Waals surface area contributed by atoms with E-state index in [-0.39, 0.29) is 12.5 Å². The van der Waals surface area contributed by atoms with Gasteiger partial charge in [0.1, 0.15) is 0 Å². The second kappa shape index (κ2) is 6.36. The number of nitrogens with two attached hydrogens (primary N) is 1. The molecule has 6 nitrogen and oxygen atoms in total. The van der Waals surface area contributed by atoms with E-state index in [1.807, 2.05) is 0 Å². The van der Waals surface area contributed by atoms with Gasteiger partial charge in [-0.3, -0.25) is 4.79 Å². The van der Waals surface area contributed by atoms with Crippen molar-refractivity contribution < 1.29 is 19.4 Å². The Hall–Kier alpha value is -1.14. The van der Waals surface area contributed by atoms with Gasteiger partial charge in [0, 0.05) is 0 Å². The molecule has 0 spiro atoms. The summed E-state index contributed by atoms with van der Waals surface area (Å²) in [7, 11) is 1.16. The maximum Gasteiger partial charge on any atom is 0.336 e. The van der Waals surface area contributed by atoms with Crippen molar-refractivity contribution in [1.82, 2.24) is 5.32 Å². The highest BCUT2D eigenvalue weighted by molar-refractivity contribution is 5.82. The average Bonchev–Trinajstić information content (AvgIpc) is 2.22. The summed E-state index contributed by atoms with van der Waals surface area (Å²) in [5.41, 5.74) is 5.54. The summed E-state index contributed by atoms with van der Waals surface area (Å²) in [6.07, 6.45) is -1.35. The van der Waals surface area contributed by atoms with Gasteiger partial charge in [-0.2, -0.15) is 0 Å². The molecule has 15 heavy (non-hydrogen) atoms. The number of methoxy groups -OCH3 is 1. The minimum atomic E-state index is -1.35. The average molecular weight is 218 g/mol. The number of carbonyl (C=O) groups is 2. The first-order valence-corrected chi connectivity index (χ1v) is 4.69. The Bertz CT molecular complexity index is 230. The molecule has 4 N–H and O–H groups in total. The molecule has 0 aromatic heterocycles. The van der Waals surface area contributed by atoms with Crippen LogP contribution in [0.4, 0.5) is 0 Å². The van der Waals surface area contributed by atoms with Crippen LogP contribution in [0.15, 0.2) is 0 Å². The lowest BCUT2D eigenvalue weighted by Crippen LogP contribution is -2.47. The number of aliphatic hydroxyl groups excluding tert-OH is 1. The number of nitrogens with one attached hydrogen (secondary N) is 1. The van der Waals surface area contributed by atoms with Gasteiger partial charge in [0.15, 0.2) is 6.10 Å². The van der Waals surface area contributed by atoms with Crippen LogP contribution in [0.1, 0.15) is 13.8 Å². The molecule has 0 radical (unpaired) electrons. The highest BCUT2D eigenvalue weighted by atomic mass is 16.5. The Balaban J connectivity index is 3.95. The van der Waals surface area contributed by atoms with E-state index in [1.165, 1.54) is 0 Å². The number of hydrogen-bond donors (Lipinski definition) is 3. The van der Waals surface area contributed by atoms with E-state index in [9.17, 15) is 9.59 Å². The van der Waals surface area contributed by atoms with E-state index >= 15 is 0 Å². The maximum absolute atomic E-state index is 11.3.